The first-order chi connectivity index (χ1) is 11.4. The molecule has 0 aliphatic carbocycles. The lowest BCUT2D eigenvalue weighted by molar-refractivity contribution is -0.122. The molecule has 1 fully saturated rings. The SMILES string of the molecule is COc1ccc(C(C)(C)CNC(=O)CC(C)C2CCNCC2)cc1. The van der Waals surface area contributed by atoms with Crippen LogP contribution in [0.2, 0.25) is 0 Å². The third kappa shape index (κ3) is 5.23. The predicted octanol–water partition coefficient (Wildman–Crippen LogP) is 3.11. The highest BCUT2D eigenvalue weighted by Crippen LogP contribution is 2.26. The van der Waals surface area contributed by atoms with E-state index in [2.05, 4.69) is 43.5 Å². The number of benzene rings is 1. The Labute approximate surface area is 146 Å². The molecule has 24 heavy (non-hydrogen) atoms. The van der Waals surface area contributed by atoms with E-state index in [4.69, 9.17) is 4.74 Å². The largest absolute Gasteiger partial charge is 0.497 e. The molecule has 0 aromatic heterocycles. The minimum Gasteiger partial charge on any atom is -0.497 e. The molecule has 4 nitrogen and oxygen atoms in total. The molecule has 1 atom stereocenters. The van der Waals surface area contributed by atoms with Crippen molar-refractivity contribution in [2.24, 2.45) is 11.8 Å². The molecule has 0 spiro atoms. The van der Waals surface area contributed by atoms with Crippen LogP contribution >= 0.6 is 0 Å². The van der Waals surface area contributed by atoms with E-state index < -0.39 is 0 Å². The van der Waals surface area contributed by atoms with Crippen LogP contribution in [-0.4, -0.2) is 32.7 Å². The van der Waals surface area contributed by atoms with E-state index in [1.165, 1.54) is 18.4 Å². The summed E-state index contributed by atoms with van der Waals surface area (Å²) in [5.74, 6) is 2.15. The molecule has 1 aromatic rings. The van der Waals surface area contributed by atoms with Gasteiger partial charge >= 0.3 is 0 Å². The maximum atomic E-state index is 12.3. The molecular weight excluding hydrogens is 300 g/mol. The van der Waals surface area contributed by atoms with Gasteiger partial charge in [0.05, 0.1) is 7.11 Å². The van der Waals surface area contributed by atoms with Gasteiger partial charge in [0, 0.05) is 18.4 Å². The van der Waals surface area contributed by atoms with Crippen LogP contribution in [0, 0.1) is 11.8 Å². The van der Waals surface area contributed by atoms with Gasteiger partial charge in [-0.05, 0) is 55.5 Å². The molecule has 4 heteroatoms. The van der Waals surface area contributed by atoms with E-state index in [-0.39, 0.29) is 11.3 Å². The Morgan fingerprint density at radius 1 is 1.29 bits per heavy atom. The molecule has 1 unspecified atom stereocenters. The van der Waals surface area contributed by atoms with Crippen LogP contribution < -0.4 is 15.4 Å². The van der Waals surface area contributed by atoms with Crippen molar-refractivity contribution < 1.29 is 9.53 Å². The molecule has 1 aliphatic heterocycles. The van der Waals surface area contributed by atoms with Crippen molar-refractivity contribution in [2.45, 2.75) is 45.4 Å². The number of amides is 1. The maximum Gasteiger partial charge on any atom is 0.220 e. The van der Waals surface area contributed by atoms with Crippen LogP contribution in [-0.2, 0) is 10.2 Å². The van der Waals surface area contributed by atoms with Crippen molar-refractivity contribution in [3.05, 3.63) is 29.8 Å². The van der Waals surface area contributed by atoms with Crippen LogP contribution in [0.4, 0.5) is 0 Å². The fourth-order valence-corrected chi connectivity index (χ4v) is 3.41. The maximum absolute atomic E-state index is 12.3. The van der Waals surface area contributed by atoms with Gasteiger partial charge in [-0.15, -0.1) is 0 Å². The molecule has 0 radical (unpaired) electrons. The van der Waals surface area contributed by atoms with Gasteiger partial charge in [-0.3, -0.25) is 4.79 Å². The second kappa shape index (κ2) is 8.52. The Bertz CT molecular complexity index is 519. The number of nitrogens with one attached hydrogen (secondary N) is 2. The molecule has 0 saturated carbocycles. The van der Waals surface area contributed by atoms with Crippen molar-refractivity contribution >= 4 is 5.91 Å². The van der Waals surface area contributed by atoms with Gasteiger partial charge in [-0.25, -0.2) is 0 Å². The zero-order chi connectivity index (χ0) is 17.6. The number of carbonyl (C=O) groups excluding carboxylic acids is 1. The van der Waals surface area contributed by atoms with Crippen molar-refractivity contribution in [2.75, 3.05) is 26.7 Å². The zero-order valence-electron chi connectivity index (χ0n) is 15.5. The smallest absolute Gasteiger partial charge is 0.220 e. The summed E-state index contributed by atoms with van der Waals surface area (Å²) in [7, 11) is 1.67. The fourth-order valence-electron chi connectivity index (χ4n) is 3.41. The molecular formula is C20H32N2O2. The number of piperidine rings is 1. The zero-order valence-corrected chi connectivity index (χ0v) is 15.5. The monoisotopic (exact) mass is 332 g/mol. The Kier molecular flexibility index (Phi) is 6.67. The first kappa shape index (κ1) is 18.8. The van der Waals surface area contributed by atoms with E-state index in [1.54, 1.807) is 7.11 Å². The highest BCUT2D eigenvalue weighted by atomic mass is 16.5. The Hall–Kier alpha value is -1.55. The summed E-state index contributed by atoms with van der Waals surface area (Å²) >= 11 is 0. The topological polar surface area (TPSA) is 50.4 Å². The summed E-state index contributed by atoms with van der Waals surface area (Å²) in [5.41, 5.74) is 1.11. The van der Waals surface area contributed by atoms with Crippen LogP contribution in [0.1, 0.15) is 45.6 Å². The summed E-state index contributed by atoms with van der Waals surface area (Å²) in [5, 5.41) is 6.52. The molecule has 1 aliphatic rings. The van der Waals surface area contributed by atoms with Crippen molar-refractivity contribution in [3.8, 4) is 5.75 Å². The van der Waals surface area contributed by atoms with Crippen molar-refractivity contribution in [3.63, 3.8) is 0 Å². The van der Waals surface area contributed by atoms with Crippen LogP contribution in [0.3, 0.4) is 0 Å². The summed E-state index contributed by atoms with van der Waals surface area (Å²) in [6, 6.07) is 8.08. The standard InChI is InChI=1S/C20H32N2O2/c1-15(16-9-11-21-12-10-16)13-19(23)22-14-20(2,3)17-5-7-18(24-4)8-6-17/h5-8,15-16,21H,9-14H2,1-4H3,(H,22,23). The molecule has 1 saturated heterocycles. The van der Waals surface area contributed by atoms with Crippen LogP contribution in [0.15, 0.2) is 24.3 Å². The van der Waals surface area contributed by atoms with Crippen LogP contribution in [0.25, 0.3) is 0 Å². The lowest BCUT2D eigenvalue weighted by Crippen LogP contribution is -2.38. The number of ether oxygens (including phenoxy) is 1. The van der Waals surface area contributed by atoms with E-state index in [9.17, 15) is 4.79 Å². The third-order valence-electron chi connectivity index (χ3n) is 5.29. The quantitative estimate of drug-likeness (QED) is 0.806. The summed E-state index contributed by atoms with van der Waals surface area (Å²) in [6.07, 6.45) is 3.00. The molecule has 1 aromatic carbocycles. The normalized spacial score (nSPS) is 17.3. The van der Waals surface area contributed by atoms with Crippen molar-refractivity contribution in [1.82, 2.24) is 10.6 Å². The van der Waals surface area contributed by atoms with Gasteiger partial charge in [-0.2, -0.15) is 0 Å². The third-order valence-corrected chi connectivity index (χ3v) is 5.29. The van der Waals surface area contributed by atoms with Gasteiger partial charge in [-0.1, -0.05) is 32.9 Å². The van der Waals surface area contributed by atoms with Gasteiger partial charge in [0.1, 0.15) is 5.75 Å². The summed E-state index contributed by atoms with van der Waals surface area (Å²) in [6.45, 7) is 9.35. The average molecular weight is 332 g/mol. The molecule has 134 valence electrons. The Morgan fingerprint density at radius 3 is 2.50 bits per heavy atom. The first-order valence-electron chi connectivity index (χ1n) is 9.04. The van der Waals surface area contributed by atoms with E-state index in [1.807, 2.05) is 12.1 Å². The number of methoxy groups -OCH3 is 1. The fraction of sp³-hybridized carbons (Fsp3) is 0.650. The second-order valence-electron chi connectivity index (χ2n) is 7.66. The summed E-state index contributed by atoms with van der Waals surface area (Å²) < 4.78 is 5.21. The number of carbonyl (C=O) groups is 1. The average Bonchev–Trinajstić information content (AvgIpc) is 2.61. The number of rotatable bonds is 7. The minimum absolute atomic E-state index is 0.0973. The summed E-state index contributed by atoms with van der Waals surface area (Å²) in [4.78, 5) is 12.3. The molecule has 1 amide bonds. The van der Waals surface area contributed by atoms with Gasteiger partial charge in [0.25, 0.3) is 0 Å². The van der Waals surface area contributed by atoms with Crippen molar-refractivity contribution in [1.29, 1.82) is 0 Å². The molecule has 2 N–H and O–H groups in total. The minimum atomic E-state index is -0.0973. The molecule has 1 heterocycles. The Morgan fingerprint density at radius 2 is 1.92 bits per heavy atom. The number of hydrogen-bond acceptors (Lipinski definition) is 3. The van der Waals surface area contributed by atoms with Gasteiger partial charge < -0.3 is 15.4 Å². The molecule has 0 bridgehead atoms. The van der Waals surface area contributed by atoms with E-state index >= 15 is 0 Å². The van der Waals surface area contributed by atoms with E-state index in [0.29, 0.717) is 24.8 Å². The second-order valence-corrected chi connectivity index (χ2v) is 7.66. The van der Waals surface area contributed by atoms with Gasteiger partial charge in [0.2, 0.25) is 5.91 Å². The Balaban J connectivity index is 1.82. The highest BCUT2D eigenvalue weighted by Gasteiger charge is 2.24. The van der Waals surface area contributed by atoms with Crippen LogP contribution in [0.5, 0.6) is 5.75 Å². The van der Waals surface area contributed by atoms with E-state index in [0.717, 1.165) is 18.8 Å². The first-order valence-corrected chi connectivity index (χ1v) is 9.04. The molecule has 2 rings (SSSR count). The number of hydrogen-bond donors (Lipinski definition) is 2. The van der Waals surface area contributed by atoms with Gasteiger partial charge in [0.15, 0.2) is 0 Å². The lowest BCUT2D eigenvalue weighted by atomic mass is 9.83. The lowest BCUT2D eigenvalue weighted by Gasteiger charge is -2.29. The highest BCUT2D eigenvalue weighted by molar-refractivity contribution is 5.76. The predicted molar refractivity (Wildman–Crippen MR) is 98.4 cm³/mol.